The highest BCUT2D eigenvalue weighted by atomic mass is 16.1. The third-order valence-corrected chi connectivity index (χ3v) is 4.36. The smallest absolute Gasteiger partial charge is 0.251 e. The molecule has 1 amide bonds. The first-order valence-electron chi connectivity index (χ1n) is 8.78. The van der Waals surface area contributed by atoms with Gasteiger partial charge in [0, 0.05) is 38.8 Å². The second kappa shape index (κ2) is 8.18. The summed E-state index contributed by atoms with van der Waals surface area (Å²) in [5, 5.41) is 6.33. The molecule has 0 radical (unpaired) electrons. The highest BCUT2D eigenvalue weighted by Crippen LogP contribution is 2.28. The summed E-state index contributed by atoms with van der Waals surface area (Å²) < 4.78 is 0. The first-order chi connectivity index (χ1) is 11.4. The van der Waals surface area contributed by atoms with Crippen LogP contribution in [-0.4, -0.2) is 43.4 Å². The summed E-state index contributed by atoms with van der Waals surface area (Å²) in [5.41, 5.74) is 2.13. The fourth-order valence-electron chi connectivity index (χ4n) is 2.97. The zero-order valence-electron chi connectivity index (χ0n) is 15.4. The van der Waals surface area contributed by atoms with Crippen LogP contribution in [0.25, 0.3) is 0 Å². The van der Waals surface area contributed by atoms with Gasteiger partial charge in [-0.25, -0.2) is 0 Å². The Bertz CT molecular complexity index is 595. The van der Waals surface area contributed by atoms with Gasteiger partial charge in [-0.1, -0.05) is 32.9 Å². The van der Waals surface area contributed by atoms with Gasteiger partial charge in [0.15, 0.2) is 5.96 Å². The number of hydrogen-bond donors (Lipinski definition) is 2. The summed E-state index contributed by atoms with van der Waals surface area (Å²) in [6.07, 6.45) is 2.12. The molecule has 0 aliphatic carbocycles. The van der Waals surface area contributed by atoms with Crippen LogP contribution in [0.4, 0.5) is 0 Å². The van der Waals surface area contributed by atoms with Gasteiger partial charge in [-0.2, -0.15) is 0 Å². The third kappa shape index (κ3) is 4.98. The Morgan fingerprint density at radius 3 is 2.75 bits per heavy atom. The minimum absolute atomic E-state index is 0.00984. The molecule has 1 aliphatic rings. The van der Waals surface area contributed by atoms with Crippen LogP contribution in [0.3, 0.4) is 0 Å². The molecule has 132 valence electrons. The predicted octanol–water partition coefficient (Wildman–Crippen LogP) is 2.63. The molecule has 5 heteroatoms. The number of nitrogens with one attached hydrogen (secondary N) is 2. The van der Waals surface area contributed by atoms with Gasteiger partial charge in [-0.15, -0.1) is 0 Å². The number of carbonyl (C=O) groups excluding carboxylic acids is 1. The van der Waals surface area contributed by atoms with Crippen molar-refractivity contribution in [1.29, 1.82) is 0 Å². The maximum atomic E-state index is 12.1. The van der Waals surface area contributed by atoms with E-state index in [-0.39, 0.29) is 5.91 Å². The molecule has 1 aromatic carbocycles. The average Bonchev–Trinajstić information content (AvgIpc) is 2.93. The average molecular weight is 330 g/mol. The third-order valence-electron chi connectivity index (χ3n) is 4.36. The molecule has 24 heavy (non-hydrogen) atoms. The number of nitrogens with zero attached hydrogens (tertiary/aromatic N) is 2. The molecule has 0 bridgehead atoms. The Kier molecular flexibility index (Phi) is 6.23. The van der Waals surface area contributed by atoms with Gasteiger partial charge in [0.1, 0.15) is 0 Å². The molecule has 1 fully saturated rings. The van der Waals surface area contributed by atoms with Crippen molar-refractivity contribution in [3.05, 3.63) is 35.4 Å². The molecule has 2 N–H and O–H groups in total. The number of benzene rings is 1. The SMILES string of the molecule is CCCNC(=O)c1cccc(CNC(=NC)N2CCC(C)(C)C2)c1. The number of aliphatic imine (C=N–C) groups is 1. The molecule has 0 spiro atoms. The first-order valence-corrected chi connectivity index (χ1v) is 8.78. The van der Waals surface area contributed by atoms with Crippen LogP contribution in [0.5, 0.6) is 0 Å². The number of guanidine groups is 1. The van der Waals surface area contributed by atoms with Crippen molar-refractivity contribution in [2.45, 2.75) is 40.2 Å². The van der Waals surface area contributed by atoms with Gasteiger partial charge >= 0.3 is 0 Å². The van der Waals surface area contributed by atoms with Crippen molar-refractivity contribution in [3.8, 4) is 0 Å². The molecule has 1 saturated heterocycles. The summed E-state index contributed by atoms with van der Waals surface area (Å²) in [5.74, 6) is 0.922. The molecule has 5 nitrogen and oxygen atoms in total. The Morgan fingerprint density at radius 2 is 2.12 bits per heavy atom. The molecular formula is C19H30N4O. The van der Waals surface area contributed by atoms with E-state index in [1.807, 2.05) is 38.2 Å². The number of amides is 1. The van der Waals surface area contributed by atoms with Crippen molar-refractivity contribution in [1.82, 2.24) is 15.5 Å². The predicted molar refractivity (Wildman–Crippen MR) is 99.2 cm³/mol. The Morgan fingerprint density at radius 1 is 1.33 bits per heavy atom. The van der Waals surface area contributed by atoms with Gasteiger partial charge in [0.05, 0.1) is 0 Å². The van der Waals surface area contributed by atoms with E-state index in [0.717, 1.165) is 31.0 Å². The lowest BCUT2D eigenvalue weighted by Gasteiger charge is -2.23. The first kappa shape index (κ1) is 18.3. The van der Waals surface area contributed by atoms with Crippen molar-refractivity contribution in [2.75, 3.05) is 26.7 Å². The summed E-state index contributed by atoms with van der Waals surface area (Å²) >= 11 is 0. The van der Waals surface area contributed by atoms with Crippen molar-refractivity contribution in [3.63, 3.8) is 0 Å². The Balaban J connectivity index is 1.95. The molecule has 1 aromatic rings. The maximum absolute atomic E-state index is 12.1. The monoisotopic (exact) mass is 330 g/mol. The minimum atomic E-state index is -0.00984. The molecular weight excluding hydrogens is 300 g/mol. The van der Waals surface area contributed by atoms with E-state index in [1.165, 1.54) is 6.42 Å². The van der Waals surface area contributed by atoms with Gasteiger partial charge in [0.2, 0.25) is 0 Å². The van der Waals surface area contributed by atoms with Crippen molar-refractivity contribution >= 4 is 11.9 Å². The number of hydrogen-bond acceptors (Lipinski definition) is 2. The Labute approximate surface area is 145 Å². The lowest BCUT2D eigenvalue weighted by Crippen LogP contribution is -2.40. The van der Waals surface area contributed by atoms with Gasteiger partial charge in [-0.05, 0) is 36.0 Å². The van der Waals surface area contributed by atoms with E-state index in [0.29, 0.717) is 24.1 Å². The van der Waals surface area contributed by atoms with Crippen LogP contribution in [0.15, 0.2) is 29.3 Å². The normalized spacial score (nSPS) is 17.0. The van der Waals surface area contributed by atoms with Gasteiger partial charge in [0.25, 0.3) is 5.91 Å². The zero-order valence-corrected chi connectivity index (χ0v) is 15.4. The summed E-state index contributed by atoms with van der Waals surface area (Å²) in [6, 6.07) is 7.76. The van der Waals surface area contributed by atoms with E-state index in [1.54, 1.807) is 0 Å². The second-order valence-electron chi connectivity index (χ2n) is 7.19. The number of rotatable bonds is 5. The molecule has 0 aromatic heterocycles. The molecule has 0 unspecified atom stereocenters. The van der Waals surface area contributed by atoms with Crippen LogP contribution in [0.1, 0.15) is 49.5 Å². The molecule has 1 heterocycles. The topological polar surface area (TPSA) is 56.7 Å². The van der Waals surface area contributed by atoms with Crippen LogP contribution >= 0.6 is 0 Å². The second-order valence-corrected chi connectivity index (χ2v) is 7.19. The van der Waals surface area contributed by atoms with E-state index in [9.17, 15) is 4.79 Å². The van der Waals surface area contributed by atoms with E-state index < -0.39 is 0 Å². The molecule has 0 atom stereocenters. The minimum Gasteiger partial charge on any atom is -0.352 e. The van der Waals surface area contributed by atoms with Crippen LogP contribution < -0.4 is 10.6 Å². The highest BCUT2D eigenvalue weighted by molar-refractivity contribution is 5.94. The number of carbonyl (C=O) groups is 1. The van der Waals surface area contributed by atoms with Gasteiger partial charge < -0.3 is 15.5 Å². The standard InChI is InChI=1S/C19H30N4O/c1-5-10-21-17(24)16-8-6-7-15(12-16)13-22-18(20-4)23-11-9-19(2,3)14-23/h6-8,12H,5,9-11,13-14H2,1-4H3,(H,20,22)(H,21,24). The van der Waals surface area contributed by atoms with Crippen LogP contribution in [-0.2, 0) is 6.54 Å². The zero-order chi connectivity index (χ0) is 17.6. The molecule has 1 aliphatic heterocycles. The van der Waals surface area contributed by atoms with Gasteiger partial charge in [-0.3, -0.25) is 9.79 Å². The fraction of sp³-hybridized carbons (Fsp3) is 0.579. The quantitative estimate of drug-likeness (QED) is 0.644. The fourth-order valence-corrected chi connectivity index (χ4v) is 2.97. The maximum Gasteiger partial charge on any atom is 0.251 e. The van der Waals surface area contributed by atoms with E-state index >= 15 is 0 Å². The summed E-state index contributed by atoms with van der Waals surface area (Å²) in [7, 11) is 1.82. The lowest BCUT2D eigenvalue weighted by molar-refractivity contribution is 0.0953. The lowest BCUT2D eigenvalue weighted by atomic mass is 9.93. The van der Waals surface area contributed by atoms with Crippen molar-refractivity contribution < 1.29 is 4.79 Å². The van der Waals surface area contributed by atoms with Crippen molar-refractivity contribution in [2.24, 2.45) is 10.4 Å². The largest absolute Gasteiger partial charge is 0.352 e. The summed E-state index contributed by atoms with van der Waals surface area (Å²) in [4.78, 5) is 18.8. The van der Waals surface area contributed by atoms with Crippen LogP contribution in [0.2, 0.25) is 0 Å². The molecule has 2 rings (SSSR count). The van der Waals surface area contributed by atoms with E-state index in [2.05, 4.69) is 34.4 Å². The van der Waals surface area contributed by atoms with Crippen LogP contribution in [0, 0.1) is 5.41 Å². The van der Waals surface area contributed by atoms with E-state index in [4.69, 9.17) is 0 Å². The number of likely N-dealkylation sites (tertiary alicyclic amines) is 1. The highest BCUT2D eigenvalue weighted by Gasteiger charge is 2.30. The Hall–Kier alpha value is -2.04. The molecule has 0 saturated carbocycles. The summed E-state index contributed by atoms with van der Waals surface area (Å²) in [6.45, 7) is 10.1.